The molecule has 0 saturated heterocycles. The maximum Gasteiger partial charge on any atom is 0.414 e. The molecule has 0 aromatic carbocycles. The van der Waals surface area contributed by atoms with Crippen molar-refractivity contribution in [3.8, 4) is 6.07 Å². The predicted octanol–water partition coefficient (Wildman–Crippen LogP) is 0.173. The summed E-state index contributed by atoms with van der Waals surface area (Å²) in [6.45, 7) is 2.08. The molecular weight excluding hydrogens is 148 g/mol. The van der Waals surface area contributed by atoms with Gasteiger partial charge >= 0.3 is 12.1 Å². The number of amides is 1. The highest BCUT2D eigenvalue weighted by molar-refractivity contribution is 5.85. The van der Waals surface area contributed by atoms with Gasteiger partial charge in [-0.1, -0.05) is 0 Å². The Labute approximate surface area is 63.9 Å². The molecule has 0 unspecified atom stereocenters. The molecule has 5 nitrogen and oxygen atoms in total. The molecule has 0 fully saturated rings. The number of hydrogen-bond donors (Lipinski definition) is 1. The highest BCUT2D eigenvalue weighted by Crippen LogP contribution is 1.84. The van der Waals surface area contributed by atoms with Crippen LogP contribution in [0, 0.1) is 11.3 Å². The topological polar surface area (TPSA) is 79.2 Å². The summed E-state index contributed by atoms with van der Waals surface area (Å²) in [5.74, 6) is -0.835. The number of carbonyl (C=O) groups is 2. The van der Waals surface area contributed by atoms with Crippen LogP contribution < -0.4 is 5.32 Å². The van der Waals surface area contributed by atoms with Crippen molar-refractivity contribution < 1.29 is 14.3 Å². The minimum absolute atomic E-state index is 0.388. The van der Waals surface area contributed by atoms with E-state index in [1.54, 1.807) is 13.0 Å². The maximum atomic E-state index is 10.5. The smallest absolute Gasteiger partial charge is 0.375 e. The zero-order valence-electron chi connectivity index (χ0n) is 6.09. The lowest BCUT2D eigenvalue weighted by atomic mass is 10.5. The summed E-state index contributed by atoms with van der Waals surface area (Å²) in [5, 5.41) is 10.2. The summed E-state index contributed by atoms with van der Waals surface area (Å²) in [5.41, 5.74) is 0. The number of carbonyl (C=O) groups excluding carboxylic acids is 2. The molecule has 60 valence electrons. The Hall–Kier alpha value is -1.57. The number of nitrogens with one attached hydrogen (secondary N) is 1. The van der Waals surface area contributed by atoms with Crippen LogP contribution in [-0.4, -0.2) is 18.6 Å². The molecule has 0 atom stereocenters. The van der Waals surface area contributed by atoms with E-state index in [4.69, 9.17) is 5.26 Å². The van der Waals surface area contributed by atoms with Crippen LogP contribution in [-0.2, 0) is 9.53 Å². The molecule has 0 aromatic heterocycles. The summed E-state index contributed by atoms with van der Waals surface area (Å²) in [7, 11) is 0. The maximum absolute atomic E-state index is 10.5. The highest BCUT2D eigenvalue weighted by Gasteiger charge is 2.07. The Morgan fingerprint density at radius 3 is 2.73 bits per heavy atom. The van der Waals surface area contributed by atoms with Gasteiger partial charge < -0.3 is 10.1 Å². The number of esters is 1. The second-order valence-corrected chi connectivity index (χ2v) is 1.63. The largest absolute Gasteiger partial charge is 0.414 e. The highest BCUT2D eigenvalue weighted by atomic mass is 16.6. The Morgan fingerprint density at radius 2 is 2.27 bits per heavy atom. The van der Waals surface area contributed by atoms with Crippen LogP contribution in [0.5, 0.6) is 0 Å². The molecule has 0 radical (unpaired) electrons. The Balaban J connectivity index is 3.60. The molecule has 11 heavy (non-hydrogen) atoms. The van der Waals surface area contributed by atoms with Gasteiger partial charge in [0, 0.05) is 6.54 Å². The summed E-state index contributed by atoms with van der Waals surface area (Å²) < 4.78 is 4.12. The van der Waals surface area contributed by atoms with Crippen molar-refractivity contribution in [3.05, 3.63) is 0 Å². The standard InChI is InChI=1S/C6H8N2O3/c1-2-8-6(10)11-5(9)3-4-7/h2-3H2,1H3,(H,8,10). The third-order valence-electron chi connectivity index (χ3n) is 0.751. The lowest BCUT2D eigenvalue weighted by Crippen LogP contribution is -2.26. The average molecular weight is 156 g/mol. The van der Waals surface area contributed by atoms with Crippen LogP contribution >= 0.6 is 0 Å². The molecule has 5 heteroatoms. The zero-order chi connectivity index (χ0) is 8.69. The van der Waals surface area contributed by atoms with Crippen molar-refractivity contribution in [2.75, 3.05) is 6.54 Å². The first-order chi connectivity index (χ1) is 5.20. The first-order valence-corrected chi connectivity index (χ1v) is 3.06. The molecule has 0 aliphatic heterocycles. The number of nitrogens with zero attached hydrogens (tertiary/aromatic N) is 1. The monoisotopic (exact) mass is 156 g/mol. The van der Waals surface area contributed by atoms with Crippen molar-refractivity contribution in [1.29, 1.82) is 5.26 Å². The van der Waals surface area contributed by atoms with Gasteiger partial charge in [0.1, 0.15) is 6.42 Å². The van der Waals surface area contributed by atoms with E-state index in [9.17, 15) is 9.59 Å². The molecule has 1 amide bonds. The molecule has 0 aromatic rings. The minimum Gasteiger partial charge on any atom is -0.375 e. The molecule has 0 rings (SSSR count). The van der Waals surface area contributed by atoms with Crippen molar-refractivity contribution >= 4 is 12.1 Å². The van der Waals surface area contributed by atoms with Crippen LogP contribution in [0.3, 0.4) is 0 Å². The number of hydrogen-bond acceptors (Lipinski definition) is 4. The minimum atomic E-state index is -0.835. The first kappa shape index (κ1) is 9.43. The van der Waals surface area contributed by atoms with E-state index < -0.39 is 18.5 Å². The lowest BCUT2D eigenvalue weighted by Gasteiger charge is -1.99. The van der Waals surface area contributed by atoms with Crippen LogP contribution in [0.15, 0.2) is 0 Å². The van der Waals surface area contributed by atoms with Gasteiger partial charge in [0.25, 0.3) is 0 Å². The van der Waals surface area contributed by atoms with E-state index in [0.29, 0.717) is 6.54 Å². The quantitative estimate of drug-likeness (QED) is 0.456. The van der Waals surface area contributed by atoms with E-state index in [1.165, 1.54) is 0 Å². The van der Waals surface area contributed by atoms with E-state index in [0.717, 1.165) is 0 Å². The first-order valence-electron chi connectivity index (χ1n) is 3.06. The number of alkyl carbamates (subject to hydrolysis) is 1. The van der Waals surface area contributed by atoms with Crippen LogP contribution in [0.25, 0.3) is 0 Å². The van der Waals surface area contributed by atoms with Crippen LogP contribution in [0.1, 0.15) is 13.3 Å². The number of ether oxygens (including phenoxy) is 1. The Kier molecular flexibility index (Phi) is 4.49. The normalized spacial score (nSPS) is 8.00. The van der Waals surface area contributed by atoms with Crippen molar-refractivity contribution in [1.82, 2.24) is 5.32 Å². The van der Waals surface area contributed by atoms with Gasteiger partial charge in [0.05, 0.1) is 6.07 Å². The Bertz CT molecular complexity index is 194. The SMILES string of the molecule is CCNC(=O)OC(=O)CC#N. The van der Waals surface area contributed by atoms with Crippen molar-refractivity contribution in [3.63, 3.8) is 0 Å². The van der Waals surface area contributed by atoms with E-state index in [1.807, 2.05) is 0 Å². The molecule has 0 bridgehead atoms. The summed E-state index contributed by atoms with van der Waals surface area (Å²) in [4.78, 5) is 20.9. The fraction of sp³-hybridized carbons (Fsp3) is 0.500. The zero-order valence-corrected chi connectivity index (χ0v) is 6.09. The molecule has 1 N–H and O–H groups in total. The van der Waals surface area contributed by atoms with Crippen molar-refractivity contribution in [2.45, 2.75) is 13.3 Å². The van der Waals surface area contributed by atoms with Gasteiger partial charge in [-0.2, -0.15) is 5.26 Å². The fourth-order valence-corrected chi connectivity index (χ4v) is 0.384. The second-order valence-electron chi connectivity index (χ2n) is 1.63. The molecule has 0 spiro atoms. The van der Waals surface area contributed by atoms with Crippen LogP contribution in [0.2, 0.25) is 0 Å². The third-order valence-corrected chi connectivity index (χ3v) is 0.751. The molecule has 0 aliphatic carbocycles. The predicted molar refractivity (Wildman–Crippen MR) is 35.4 cm³/mol. The molecule has 0 aliphatic rings. The van der Waals surface area contributed by atoms with Gasteiger partial charge in [0.15, 0.2) is 0 Å². The van der Waals surface area contributed by atoms with Gasteiger partial charge in [-0.05, 0) is 6.92 Å². The fourth-order valence-electron chi connectivity index (χ4n) is 0.384. The molecular formula is C6H8N2O3. The van der Waals surface area contributed by atoms with E-state index in [-0.39, 0.29) is 0 Å². The summed E-state index contributed by atoms with van der Waals surface area (Å²) >= 11 is 0. The summed E-state index contributed by atoms with van der Waals surface area (Å²) in [6, 6.07) is 1.56. The van der Waals surface area contributed by atoms with Crippen molar-refractivity contribution in [2.24, 2.45) is 0 Å². The van der Waals surface area contributed by atoms with Crippen LogP contribution in [0.4, 0.5) is 4.79 Å². The lowest BCUT2D eigenvalue weighted by molar-refractivity contribution is -0.136. The molecule has 0 heterocycles. The van der Waals surface area contributed by atoms with Gasteiger partial charge in [-0.25, -0.2) is 4.79 Å². The van der Waals surface area contributed by atoms with Gasteiger partial charge in [0.2, 0.25) is 0 Å². The van der Waals surface area contributed by atoms with Gasteiger partial charge in [-0.15, -0.1) is 0 Å². The van der Waals surface area contributed by atoms with E-state index in [2.05, 4.69) is 10.1 Å². The average Bonchev–Trinajstić information content (AvgIpc) is 1.87. The van der Waals surface area contributed by atoms with E-state index >= 15 is 0 Å². The summed E-state index contributed by atoms with van der Waals surface area (Å²) in [6.07, 6.45) is -1.22. The third kappa shape index (κ3) is 4.90. The molecule has 0 saturated carbocycles. The number of nitriles is 1. The van der Waals surface area contributed by atoms with Gasteiger partial charge in [-0.3, -0.25) is 4.79 Å². The Morgan fingerprint density at radius 1 is 1.64 bits per heavy atom. The number of rotatable bonds is 2. The second kappa shape index (κ2) is 5.23.